The zero-order valence-electron chi connectivity index (χ0n) is 14.9. The summed E-state index contributed by atoms with van der Waals surface area (Å²) in [7, 11) is 0. The Balaban J connectivity index is 1.31. The number of H-pyrrole nitrogens is 1. The van der Waals surface area contributed by atoms with Crippen molar-refractivity contribution in [2.45, 2.75) is 31.3 Å². The first kappa shape index (κ1) is 17.4. The van der Waals surface area contributed by atoms with Gasteiger partial charge < -0.3 is 15.4 Å². The highest BCUT2D eigenvalue weighted by Crippen LogP contribution is 2.30. The van der Waals surface area contributed by atoms with E-state index in [1.54, 1.807) is 18.3 Å². The minimum Gasteiger partial charge on any atom is -0.342 e. The van der Waals surface area contributed by atoms with Gasteiger partial charge in [-0.1, -0.05) is 24.3 Å². The molecule has 0 fully saturated rings. The number of fused-ring (bicyclic) bond motifs is 2. The summed E-state index contributed by atoms with van der Waals surface area (Å²) >= 11 is 0. The van der Waals surface area contributed by atoms with Crippen LogP contribution < -0.4 is 10.6 Å². The topological polar surface area (TPSA) is 86.9 Å². The van der Waals surface area contributed by atoms with Gasteiger partial charge >= 0.3 is 0 Å². The van der Waals surface area contributed by atoms with Crippen LogP contribution in [0.3, 0.4) is 0 Å². The number of carbonyl (C=O) groups is 2. The lowest BCUT2D eigenvalue weighted by atomic mass is 10.1. The van der Waals surface area contributed by atoms with Crippen molar-refractivity contribution in [3.8, 4) is 0 Å². The SMILES string of the molecule is O=C[C@@H](CCNC1CCc2ccccc21)NC(=O)c1ccc2[nH]ncc2c1. The molecule has 0 saturated carbocycles. The fourth-order valence-corrected chi connectivity index (χ4v) is 3.69. The fourth-order valence-electron chi connectivity index (χ4n) is 3.69. The number of hydrogen-bond donors (Lipinski definition) is 3. The van der Waals surface area contributed by atoms with Crippen LogP contribution in [0.2, 0.25) is 0 Å². The molecule has 27 heavy (non-hydrogen) atoms. The number of benzene rings is 2. The Morgan fingerprint density at radius 2 is 2.19 bits per heavy atom. The summed E-state index contributed by atoms with van der Waals surface area (Å²) in [5.74, 6) is -0.249. The maximum absolute atomic E-state index is 12.4. The number of amides is 1. The highest BCUT2D eigenvalue weighted by Gasteiger charge is 2.21. The Kier molecular flexibility index (Phi) is 4.98. The second-order valence-electron chi connectivity index (χ2n) is 6.92. The third-order valence-electron chi connectivity index (χ3n) is 5.16. The molecule has 1 heterocycles. The quantitative estimate of drug-likeness (QED) is 0.564. The van der Waals surface area contributed by atoms with Gasteiger partial charge in [0.2, 0.25) is 0 Å². The Morgan fingerprint density at radius 3 is 3.07 bits per heavy atom. The van der Waals surface area contributed by atoms with Crippen molar-refractivity contribution in [2.24, 2.45) is 0 Å². The van der Waals surface area contributed by atoms with Gasteiger partial charge in [-0.25, -0.2) is 0 Å². The minimum absolute atomic E-state index is 0.249. The van der Waals surface area contributed by atoms with E-state index in [9.17, 15) is 9.59 Å². The molecule has 0 saturated heterocycles. The van der Waals surface area contributed by atoms with Crippen molar-refractivity contribution in [1.29, 1.82) is 0 Å². The van der Waals surface area contributed by atoms with Crippen LogP contribution in [-0.2, 0) is 11.2 Å². The van der Waals surface area contributed by atoms with Gasteiger partial charge in [0, 0.05) is 17.0 Å². The molecule has 6 nitrogen and oxygen atoms in total. The van der Waals surface area contributed by atoms with E-state index in [1.807, 2.05) is 6.07 Å². The number of aromatic amines is 1. The third-order valence-corrected chi connectivity index (χ3v) is 5.16. The van der Waals surface area contributed by atoms with Crippen molar-refractivity contribution < 1.29 is 9.59 Å². The second kappa shape index (κ2) is 7.72. The van der Waals surface area contributed by atoms with Gasteiger partial charge in [-0.15, -0.1) is 0 Å². The van der Waals surface area contributed by atoms with Crippen molar-refractivity contribution >= 4 is 23.1 Å². The zero-order valence-corrected chi connectivity index (χ0v) is 14.9. The van der Waals surface area contributed by atoms with Gasteiger partial charge in [-0.2, -0.15) is 5.10 Å². The lowest BCUT2D eigenvalue weighted by molar-refractivity contribution is -0.109. The fraction of sp³-hybridized carbons (Fsp3) is 0.286. The van der Waals surface area contributed by atoms with Crippen LogP contribution in [0, 0.1) is 0 Å². The van der Waals surface area contributed by atoms with Crippen molar-refractivity contribution in [3.05, 3.63) is 65.4 Å². The molecule has 0 spiro atoms. The Hall–Kier alpha value is -2.99. The molecular formula is C21H22N4O2. The number of carbonyl (C=O) groups excluding carboxylic acids is 2. The first-order chi connectivity index (χ1) is 13.2. The molecule has 0 aliphatic heterocycles. The number of nitrogens with zero attached hydrogens (tertiary/aromatic N) is 1. The molecule has 2 aromatic carbocycles. The predicted octanol–water partition coefficient (Wildman–Crippen LogP) is 2.53. The van der Waals surface area contributed by atoms with Crippen LogP contribution in [0.4, 0.5) is 0 Å². The zero-order chi connectivity index (χ0) is 18.6. The first-order valence-electron chi connectivity index (χ1n) is 9.25. The van der Waals surface area contributed by atoms with Crippen molar-refractivity contribution in [2.75, 3.05) is 6.54 Å². The number of aldehydes is 1. The first-order valence-corrected chi connectivity index (χ1v) is 9.25. The average molecular weight is 362 g/mol. The molecule has 1 unspecified atom stereocenters. The van der Waals surface area contributed by atoms with Gasteiger partial charge in [0.1, 0.15) is 6.29 Å². The van der Waals surface area contributed by atoms with Gasteiger partial charge in [-0.05, 0) is 55.1 Å². The molecule has 1 amide bonds. The average Bonchev–Trinajstić information content (AvgIpc) is 3.33. The van der Waals surface area contributed by atoms with Crippen LogP contribution in [0.5, 0.6) is 0 Å². The van der Waals surface area contributed by atoms with E-state index in [0.717, 1.165) is 30.0 Å². The van der Waals surface area contributed by atoms with E-state index in [0.29, 0.717) is 24.6 Å². The molecule has 0 bridgehead atoms. The molecule has 0 radical (unpaired) electrons. The molecular weight excluding hydrogens is 340 g/mol. The van der Waals surface area contributed by atoms with Crippen molar-refractivity contribution in [1.82, 2.24) is 20.8 Å². The van der Waals surface area contributed by atoms with Gasteiger partial charge in [0.25, 0.3) is 5.91 Å². The number of nitrogens with one attached hydrogen (secondary N) is 3. The van der Waals surface area contributed by atoms with Crippen LogP contribution in [-0.4, -0.2) is 35.0 Å². The van der Waals surface area contributed by atoms with Crippen LogP contribution in [0.15, 0.2) is 48.7 Å². The summed E-state index contributed by atoms with van der Waals surface area (Å²) in [5.41, 5.74) is 4.13. The highest BCUT2D eigenvalue weighted by molar-refractivity contribution is 5.98. The number of aryl methyl sites for hydroxylation is 1. The smallest absolute Gasteiger partial charge is 0.251 e. The van der Waals surface area contributed by atoms with Crippen LogP contribution in [0.1, 0.15) is 40.4 Å². The molecule has 4 rings (SSSR count). The van der Waals surface area contributed by atoms with Crippen molar-refractivity contribution in [3.63, 3.8) is 0 Å². The second-order valence-corrected chi connectivity index (χ2v) is 6.92. The Labute approximate surface area is 157 Å². The van der Waals surface area contributed by atoms with Crippen LogP contribution >= 0.6 is 0 Å². The highest BCUT2D eigenvalue weighted by atomic mass is 16.2. The summed E-state index contributed by atoms with van der Waals surface area (Å²) in [6.45, 7) is 0.670. The van der Waals surface area contributed by atoms with E-state index >= 15 is 0 Å². The molecule has 138 valence electrons. The lowest BCUT2D eigenvalue weighted by Crippen LogP contribution is -2.38. The van der Waals surface area contributed by atoms with E-state index in [4.69, 9.17) is 0 Å². The maximum Gasteiger partial charge on any atom is 0.251 e. The molecule has 1 aliphatic rings. The predicted molar refractivity (Wildman–Crippen MR) is 104 cm³/mol. The number of hydrogen-bond acceptors (Lipinski definition) is 4. The van der Waals surface area contributed by atoms with Gasteiger partial charge in [-0.3, -0.25) is 9.89 Å². The molecule has 6 heteroatoms. The molecule has 1 aromatic heterocycles. The maximum atomic E-state index is 12.4. The standard InChI is InChI=1S/C21H22N4O2/c26-13-17(9-10-22-20-8-5-14-3-1-2-4-18(14)20)24-21(27)15-6-7-19-16(11-15)12-23-25-19/h1-4,6-7,11-13,17,20,22H,5,8-10H2,(H,23,25)(H,24,27)/t17-,20?/m1/s1. The monoisotopic (exact) mass is 362 g/mol. The Morgan fingerprint density at radius 1 is 1.30 bits per heavy atom. The van der Waals surface area contributed by atoms with E-state index < -0.39 is 6.04 Å². The largest absolute Gasteiger partial charge is 0.342 e. The van der Waals surface area contributed by atoms with E-state index in [-0.39, 0.29) is 5.91 Å². The number of aromatic nitrogens is 2. The molecule has 2 atom stereocenters. The summed E-state index contributed by atoms with van der Waals surface area (Å²) < 4.78 is 0. The molecule has 1 aliphatic carbocycles. The lowest BCUT2D eigenvalue weighted by Gasteiger charge is -2.17. The van der Waals surface area contributed by atoms with E-state index in [2.05, 4.69) is 45.1 Å². The number of rotatable bonds is 7. The summed E-state index contributed by atoms with van der Waals surface area (Å²) in [6, 6.07) is 13.6. The normalized spacial score (nSPS) is 16.8. The molecule has 3 aromatic rings. The Bertz CT molecular complexity index is 965. The van der Waals surface area contributed by atoms with Gasteiger partial charge in [0.05, 0.1) is 17.8 Å². The third kappa shape index (κ3) is 3.75. The van der Waals surface area contributed by atoms with Gasteiger partial charge in [0.15, 0.2) is 0 Å². The summed E-state index contributed by atoms with van der Waals surface area (Å²) in [4.78, 5) is 23.9. The van der Waals surface area contributed by atoms with Crippen LogP contribution in [0.25, 0.3) is 10.9 Å². The van der Waals surface area contributed by atoms with E-state index in [1.165, 1.54) is 11.1 Å². The minimum atomic E-state index is -0.512. The molecule has 3 N–H and O–H groups in total. The summed E-state index contributed by atoms with van der Waals surface area (Å²) in [6.07, 6.45) is 5.19. The summed E-state index contributed by atoms with van der Waals surface area (Å²) in [5, 5.41) is 14.0.